The van der Waals surface area contributed by atoms with Gasteiger partial charge in [-0.15, -0.1) is 0 Å². The fourth-order valence-corrected chi connectivity index (χ4v) is 1.81. The molecule has 1 heterocycles. The second-order valence-corrected chi connectivity index (χ2v) is 4.25. The lowest BCUT2D eigenvalue weighted by Gasteiger charge is -2.22. The minimum absolute atomic E-state index is 0.146. The molecule has 0 aromatic carbocycles. The Labute approximate surface area is 84.4 Å². The Morgan fingerprint density at radius 2 is 2.14 bits per heavy atom. The zero-order valence-electron chi connectivity index (χ0n) is 8.62. The zero-order valence-corrected chi connectivity index (χ0v) is 8.62. The number of amides is 1. The highest BCUT2D eigenvalue weighted by Gasteiger charge is 2.32. The van der Waals surface area contributed by atoms with Gasteiger partial charge in [0.05, 0.1) is 12.4 Å². The number of likely N-dealkylation sites (N-methyl/N-ethyl adjacent to an activating group) is 1. The lowest BCUT2D eigenvalue weighted by molar-refractivity contribution is -0.129. The minimum Gasteiger partial charge on any atom is -0.351 e. The van der Waals surface area contributed by atoms with Crippen molar-refractivity contribution in [3.63, 3.8) is 0 Å². The topological polar surface area (TPSA) is 47.4 Å². The maximum atomic E-state index is 11.6. The van der Waals surface area contributed by atoms with E-state index in [-0.39, 0.29) is 5.91 Å². The van der Waals surface area contributed by atoms with Crippen LogP contribution >= 0.6 is 0 Å². The first-order valence-electron chi connectivity index (χ1n) is 5.26. The van der Waals surface area contributed by atoms with Crippen molar-refractivity contribution in [3.8, 4) is 0 Å². The molecule has 0 bridgehead atoms. The molecule has 1 aliphatic carbocycles. The lowest BCUT2D eigenvalue weighted by atomic mass is 10.3. The highest BCUT2D eigenvalue weighted by atomic mass is 16.2. The molecule has 0 unspecified atom stereocenters. The van der Waals surface area contributed by atoms with Crippen molar-refractivity contribution >= 4 is 11.7 Å². The summed E-state index contributed by atoms with van der Waals surface area (Å²) in [5.74, 6) is 1.28. The number of nitrogens with zero attached hydrogens (tertiary/aromatic N) is 2. The number of hydrogen-bond acceptors (Lipinski definition) is 2. The van der Waals surface area contributed by atoms with Crippen LogP contribution in [0.25, 0.3) is 0 Å². The van der Waals surface area contributed by atoms with Crippen LogP contribution in [0, 0.1) is 11.3 Å². The molecule has 0 atom stereocenters. The minimum atomic E-state index is 0.146. The summed E-state index contributed by atoms with van der Waals surface area (Å²) in [6, 6.07) is 0. The summed E-state index contributed by atoms with van der Waals surface area (Å²) in [4.78, 5) is 15.3. The molecule has 1 saturated carbocycles. The van der Waals surface area contributed by atoms with Crippen LogP contribution in [0.1, 0.15) is 19.3 Å². The highest BCUT2D eigenvalue weighted by Crippen LogP contribution is 2.31. The molecule has 1 aliphatic heterocycles. The summed E-state index contributed by atoms with van der Waals surface area (Å²) in [7, 11) is 1.84. The molecule has 2 fully saturated rings. The number of hydrogen-bond donors (Lipinski definition) is 1. The van der Waals surface area contributed by atoms with Crippen LogP contribution in [0.4, 0.5) is 0 Å². The summed E-state index contributed by atoms with van der Waals surface area (Å²) in [5.41, 5.74) is 0. The van der Waals surface area contributed by atoms with Crippen LogP contribution in [0.5, 0.6) is 0 Å². The van der Waals surface area contributed by atoms with E-state index in [1.165, 1.54) is 0 Å². The van der Waals surface area contributed by atoms with Crippen LogP contribution in [0.3, 0.4) is 0 Å². The van der Waals surface area contributed by atoms with E-state index in [1.54, 1.807) is 4.90 Å². The molecule has 0 aromatic heterocycles. The van der Waals surface area contributed by atoms with Crippen molar-refractivity contribution in [1.82, 2.24) is 9.80 Å². The molecule has 4 heteroatoms. The Kier molecular flexibility index (Phi) is 2.44. The van der Waals surface area contributed by atoms with E-state index in [1.807, 2.05) is 11.9 Å². The Morgan fingerprint density at radius 1 is 1.43 bits per heavy atom. The molecule has 0 aromatic rings. The maximum Gasteiger partial charge on any atom is 0.241 e. The van der Waals surface area contributed by atoms with Gasteiger partial charge < -0.3 is 9.80 Å². The molecule has 0 radical (unpaired) electrons. The molecule has 2 rings (SSSR count). The van der Waals surface area contributed by atoms with Gasteiger partial charge in [-0.1, -0.05) is 0 Å². The Balaban J connectivity index is 1.98. The Morgan fingerprint density at radius 3 is 2.79 bits per heavy atom. The van der Waals surface area contributed by atoms with Gasteiger partial charge in [0.2, 0.25) is 5.91 Å². The van der Waals surface area contributed by atoms with Gasteiger partial charge in [-0.2, -0.15) is 0 Å². The lowest BCUT2D eigenvalue weighted by Crippen LogP contribution is -2.38. The summed E-state index contributed by atoms with van der Waals surface area (Å²) in [6.07, 6.45) is 3.26. The molecular weight excluding hydrogens is 178 g/mol. The summed E-state index contributed by atoms with van der Waals surface area (Å²) >= 11 is 0. The smallest absolute Gasteiger partial charge is 0.241 e. The third-order valence-corrected chi connectivity index (χ3v) is 2.98. The predicted molar refractivity (Wildman–Crippen MR) is 54.3 cm³/mol. The van der Waals surface area contributed by atoms with Crippen molar-refractivity contribution in [1.29, 1.82) is 5.41 Å². The quantitative estimate of drug-likeness (QED) is 0.490. The molecule has 1 amide bonds. The van der Waals surface area contributed by atoms with E-state index < -0.39 is 0 Å². The first-order chi connectivity index (χ1) is 6.68. The molecule has 0 spiro atoms. The molecular formula is C10H17N3O. The van der Waals surface area contributed by atoms with E-state index in [4.69, 9.17) is 5.41 Å². The van der Waals surface area contributed by atoms with E-state index in [0.717, 1.165) is 32.4 Å². The molecule has 4 nitrogen and oxygen atoms in total. The van der Waals surface area contributed by atoms with Crippen molar-refractivity contribution in [3.05, 3.63) is 0 Å². The van der Waals surface area contributed by atoms with Crippen LogP contribution in [-0.2, 0) is 4.79 Å². The van der Waals surface area contributed by atoms with Gasteiger partial charge >= 0.3 is 0 Å². The Hall–Kier alpha value is -1.06. The number of nitrogens with one attached hydrogen (secondary N) is 1. The average Bonchev–Trinajstić information content (AvgIpc) is 2.96. The van der Waals surface area contributed by atoms with Crippen molar-refractivity contribution < 1.29 is 4.79 Å². The standard InChI is InChI=1S/C10H17N3O/c1-12-5-2-6-13(7-9(12)14)10(11)8-3-4-8/h8,11H,2-7H2,1H3. The number of amidine groups is 1. The predicted octanol–water partition coefficient (Wildman–Crippen LogP) is 0.538. The summed E-state index contributed by atoms with van der Waals surface area (Å²) < 4.78 is 0. The molecule has 1 N–H and O–H groups in total. The van der Waals surface area contributed by atoms with E-state index in [9.17, 15) is 4.79 Å². The molecule has 14 heavy (non-hydrogen) atoms. The fraction of sp³-hybridized carbons (Fsp3) is 0.800. The van der Waals surface area contributed by atoms with Crippen LogP contribution in [0.2, 0.25) is 0 Å². The average molecular weight is 195 g/mol. The van der Waals surface area contributed by atoms with Crippen molar-refractivity contribution in [2.24, 2.45) is 5.92 Å². The summed E-state index contributed by atoms with van der Waals surface area (Å²) in [5, 5.41) is 7.91. The van der Waals surface area contributed by atoms with Gasteiger partial charge in [-0.3, -0.25) is 10.2 Å². The van der Waals surface area contributed by atoms with Crippen molar-refractivity contribution in [2.45, 2.75) is 19.3 Å². The fourth-order valence-electron chi connectivity index (χ4n) is 1.81. The monoisotopic (exact) mass is 195 g/mol. The van der Waals surface area contributed by atoms with Crippen molar-refractivity contribution in [2.75, 3.05) is 26.7 Å². The second kappa shape index (κ2) is 3.59. The van der Waals surface area contributed by atoms with Gasteiger partial charge in [0.1, 0.15) is 0 Å². The first-order valence-corrected chi connectivity index (χ1v) is 5.26. The van der Waals surface area contributed by atoms with Crippen LogP contribution < -0.4 is 0 Å². The Bertz CT molecular complexity index is 260. The van der Waals surface area contributed by atoms with Crippen LogP contribution in [-0.4, -0.2) is 48.2 Å². The molecule has 78 valence electrons. The SMILES string of the molecule is CN1CCCN(C(=N)C2CC2)CC1=O. The number of carbonyl (C=O) groups is 1. The van der Waals surface area contributed by atoms with Gasteiger partial charge in [-0.05, 0) is 19.3 Å². The maximum absolute atomic E-state index is 11.6. The highest BCUT2D eigenvalue weighted by molar-refractivity contribution is 5.88. The van der Waals surface area contributed by atoms with Gasteiger partial charge in [0.15, 0.2) is 0 Å². The van der Waals surface area contributed by atoms with E-state index in [2.05, 4.69) is 0 Å². The largest absolute Gasteiger partial charge is 0.351 e. The third-order valence-electron chi connectivity index (χ3n) is 2.98. The first kappa shape index (κ1) is 9.49. The van der Waals surface area contributed by atoms with E-state index in [0.29, 0.717) is 18.3 Å². The van der Waals surface area contributed by atoms with Crippen LogP contribution in [0.15, 0.2) is 0 Å². The second-order valence-electron chi connectivity index (χ2n) is 4.25. The summed E-state index contributed by atoms with van der Waals surface area (Å²) in [6.45, 7) is 2.10. The van der Waals surface area contributed by atoms with Gasteiger partial charge in [0, 0.05) is 26.1 Å². The normalized spacial score (nSPS) is 23.6. The number of carbonyl (C=O) groups excluding carboxylic acids is 1. The van der Waals surface area contributed by atoms with Gasteiger partial charge in [-0.25, -0.2) is 0 Å². The van der Waals surface area contributed by atoms with Gasteiger partial charge in [0.25, 0.3) is 0 Å². The number of rotatable bonds is 1. The third kappa shape index (κ3) is 1.89. The molecule has 1 saturated heterocycles. The van der Waals surface area contributed by atoms with E-state index >= 15 is 0 Å². The molecule has 2 aliphatic rings. The zero-order chi connectivity index (χ0) is 10.1.